The summed E-state index contributed by atoms with van der Waals surface area (Å²) in [6.45, 7) is 4.46. The molecule has 0 radical (unpaired) electrons. The van der Waals surface area contributed by atoms with Gasteiger partial charge in [-0.15, -0.1) is 0 Å². The number of amides is 4. The van der Waals surface area contributed by atoms with Gasteiger partial charge in [-0.1, -0.05) is 59.3 Å². The molecule has 0 aromatic heterocycles. The molecule has 0 spiro atoms. The van der Waals surface area contributed by atoms with Crippen molar-refractivity contribution in [3.63, 3.8) is 0 Å². The van der Waals surface area contributed by atoms with E-state index >= 15 is 0 Å². The maximum atomic E-state index is 13.4. The number of halogens is 2. The van der Waals surface area contributed by atoms with Crippen molar-refractivity contribution in [2.75, 3.05) is 11.5 Å². The van der Waals surface area contributed by atoms with E-state index in [-0.39, 0.29) is 5.57 Å². The predicted molar refractivity (Wildman–Crippen MR) is 149 cm³/mol. The molecule has 1 N–H and O–H groups in total. The number of nitrogens with one attached hydrogen (secondary N) is 1. The SMILES string of the molecule is CCOc1cc(/C=C2/C(=O)NC(=O)N(c3ccccc3CC)C2=O)cc(Br)c1OCc1ccccc1Br. The third-order valence-electron chi connectivity index (χ3n) is 5.69. The highest BCUT2D eigenvalue weighted by atomic mass is 79.9. The van der Waals surface area contributed by atoms with Crippen LogP contribution in [0, 0.1) is 0 Å². The molecule has 0 aliphatic carbocycles. The van der Waals surface area contributed by atoms with Gasteiger partial charge in [-0.3, -0.25) is 14.9 Å². The molecule has 1 aliphatic heterocycles. The minimum absolute atomic E-state index is 0.165. The molecule has 9 heteroatoms. The Morgan fingerprint density at radius 1 is 0.892 bits per heavy atom. The van der Waals surface area contributed by atoms with Gasteiger partial charge in [0.05, 0.1) is 16.8 Å². The van der Waals surface area contributed by atoms with Gasteiger partial charge in [-0.05, 0) is 70.7 Å². The minimum Gasteiger partial charge on any atom is -0.490 e. The van der Waals surface area contributed by atoms with E-state index in [9.17, 15) is 14.4 Å². The van der Waals surface area contributed by atoms with Crippen LogP contribution in [0.5, 0.6) is 11.5 Å². The number of para-hydroxylation sites is 1. The largest absolute Gasteiger partial charge is 0.490 e. The smallest absolute Gasteiger partial charge is 0.335 e. The van der Waals surface area contributed by atoms with E-state index in [1.165, 1.54) is 6.08 Å². The van der Waals surface area contributed by atoms with E-state index in [2.05, 4.69) is 37.2 Å². The van der Waals surface area contributed by atoms with Gasteiger partial charge in [0, 0.05) is 10.0 Å². The zero-order valence-corrected chi connectivity index (χ0v) is 23.4. The van der Waals surface area contributed by atoms with Gasteiger partial charge >= 0.3 is 6.03 Å². The number of carbonyl (C=O) groups is 3. The van der Waals surface area contributed by atoms with Crippen LogP contribution in [0.3, 0.4) is 0 Å². The summed E-state index contributed by atoms with van der Waals surface area (Å²) >= 11 is 7.06. The van der Waals surface area contributed by atoms with Gasteiger partial charge in [0.15, 0.2) is 11.5 Å². The van der Waals surface area contributed by atoms with Crippen LogP contribution in [0.1, 0.15) is 30.5 Å². The molecule has 4 rings (SSSR count). The van der Waals surface area contributed by atoms with Gasteiger partial charge in [0.2, 0.25) is 0 Å². The lowest BCUT2D eigenvalue weighted by atomic mass is 10.0. The highest BCUT2D eigenvalue weighted by Crippen LogP contribution is 2.38. The summed E-state index contributed by atoms with van der Waals surface area (Å²) in [6.07, 6.45) is 2.06. The summed E-state index contributed by atoms with van der Waals surface area (Å²) in [7, 11) is 0. The number of barbiturate groups is 1. The number of aryl methyl sites for hydroxylation is 1. The van der Waals surface area contributed by atoms with Crippen LogP contribution in [0.2, 0.25) is 0 Å². The molecular formula is C28H24Br2N2O5. The summed E-state index contributed by atoms with van der Waals surface area (Å²) in [4.78, 5) is 39.7. The molecule has 0 bridgehead atoms. The van der Waals surface area contributed by atoms with Crippen LogP contribution in [0.25, 0.3) is 6.08 Å². The fraction of sp³-hybridized carbons (Fsp3) is 0.179. The van der Waals surface area contributed by atoms with Crippen LogP contribution in [-0.2, 0) is 22.6 Å². The van der Waals surface area contributed by atoms with Crippen molar-refractivity contribution in [3.05, 3.63) is 91.9 Å². The summed E-state index contributed by atoms with van der Waals surface area (Å²) in [5.41, 5.74) is 2.58. The first kappa shape index (κ1) is 26.6. The normalized spacial score (nSPS) is 14.6. The van der Waals surface area contributed by atoms with Gasteiger partial charge in [-0.25, -0.2) is 9.69 Å². The number of imide groups is 2. The third-order valence-corrected chi connectivity index (χ3v) is 7.05. The molecule has 0 saturated carbocycles. The van der Waals surface area contributed by atoms with E-state index in [0.717, 1.165) is 20.5 Å². The number of anilines is 1. The molecule has 7 nitrogen and oxygen atoms in total. The van der Waals surface area contributed by atoms with Crippen molar-refractivity contribution in [2.45, 2.75) is 26.9 Å². The number of hydrogen-bond donors (Lipinski definition) is 1. The maximum Gasteiger partial charge on any atom is 0.335 e. The molecule has 3 aromatic rings. The average molecular weight is 628 g/mol. The van der Waals surface area contributed by atoms with Crippen molar-refractivity contribution in [1.82, 2.24) is 5.32 Å². The highest BCUT2D eigenvalue weighted by molar-refractivity contribution is 9.10. The topological polar surface area (TPSA) is 84.9 Å². The Morgan fingerprint density at radius 2 is 1.59 bits per heavy atom. The molecule has 1 heterocycles. The van der Waals surface area contributed by atoms with Crippen molar-refractivity contribution < 1.29 is 23.9 Å². The Hall–Kier alpha value is -3.43. The van der Waals surface area contributed by atoms with Gasteiger partial charge < -0.3 is 9.47 Å². The first-order valence-corrected chi connectivity index (χ1v) is 13.2. The summed E-state index contributed by atoms with van der Waals surface area (Å²) < 4.78 is 13.4. The zero-order chi connectivity index (χ0) is 26.5. The summed E-state index contributed by atoms with van der Waals surface area (Å²) in [6, 6.07) is 17.5. The van der Waals surface area contributed by atoms with Crippen LogP contribution < -0.4 is 19.7 Å². The van der Waals surface area contributed by atoms with E-state index in [1.807, 2.05) is 50.2 Å². The summed E-state index contributed by atoms with van der Waals surface area (Å²) in [5, 5.41) is 2.28. The number of benzene rings is 3. The van der Waals surface area contributed by atoms with Crippen LogP contribution >= 0.6 is 31.9 Å². The van der Waals surface area contributed by atoms with Crippen molar-refractivity contribution in [2.24, 2.45) is 0 Å². The third kappa shape index (κ3) is 5.78. The molecule has 1 saturated heterocycles. The monoisotopic (exact) mass is 626 g/mol. The Morgan fingerprint density at radius 3 is 2.30 bits per heavy atom. The number of rotatable bonds is 8. The molecule has 37 heavy (non-hydrogen) atoms. The lowest BCUT2D eigenvalue weighted by molar-refractivity contribution is -0.122. The maximum absolute atomic E-state index is 13.4. The first-order valence-electron chi connectivity index (χ1n) is 11.7. The number of carbonyl (C=O) groups excluding carboxylic acids is 3. The fourth-order valence-electron chi connectivity index (χ4n) is 3.91. The average Bonchev–Trinajstić information content (AvgIpc) is 2.87. The fourth-order valence-corrected chi connectivity index (χ4v) is 4.88. The quantitative estimate of drug-likeness (QED) is 0.230. The van der Waals surface area contributed by atoms with Gasteiger partial charge in [0.1, 0.15) is 12.2 Å². The number of ether oxygens (including phenoxy) is 2. The second kappa shape index (κ2) is 11.7. The van der Waals surface area contributed by atoms with E-state index in [1.54, 1.807) is 24.3 Å². The molecule has 190 valence electrons. The van der Waals surface area contributed by atoms with E-state index in [0.29, 0.717) is 46.9 Å². The first-order chi connectivity index (χ1) is 17.8. The second-order valence-electron chi connectivity index (χ2n) is 8.08. The molecule has 1 aliphatic rings. The summed E-state index contributed by atoms with van der Waals surface area (Å²) in [5.74, 6) is -0.516. The minimum atomic E-state index is -0.778. The van der Waals surface area contributed by atoms with Gasteiger partial charge in [0.25, 0.3) is 11.8 Å². The predicted octanol–water partition coefficient (Wildman–Crippen LogP) is 6.42. The number of nitrogens with zero attached hydrogens (tertiary/aromatic N) is 1. The highest BCUT2D eigenvalue weighted by Gasteiger charge is 2.37. The standard InChI is InChI=1S/C28H24Br2N2O5/c1-3-18-9-6-8-12-23(18)32-27(34)20(26(33)31-28(32)35)13-17-14-22(30)25(24(15-17)36-4-2)37-16-19-10-5-7-11-21(19)29/h5-15H,3-4,16H2,1-2H3,(H,31,33,35)/b20-13-. The molecule has 0 atom stereocenters. The zero-order valence-electron chi connectivity index (χ0n) is 20.2. The molecule has 4 amide bonds. The lowest BCUT2D eigenvalue weighted by Crippen LogP contribution is -2.54. The van der Waals surface area contributed by atoms with E-state index < -0.39 is 17.8 Å². The van der Waals surface area contributed by atoms with Crippen molar-refractivity contribution >= 4 is 61.5 Å². The Labute approximate surface area is 231 Å². The van der Waals surface area contributed by atoms with Gasteiger partial charge in [-0.2, -0.15) is 0 Å². The lowest BCUT2D eigenvalue weighted by Gasteiger charge is -2.28. The second-order valence-corrected chi connectivity index (χ2v) is 9.79. The number of urea groups is 1. The molecule has 3 aromatic carbocycles. The van der Waals surface area contributed by atoms with Crippen LogP contribution in [0.4, 0.5) is 10.5 Å². The van der Waals surface area contributed by atoms with Crippen molar-refractivity contribution in [1.29, 1.82) is 0 Å². The Kier molecular flexibility index (Phi) is 8.45. The van der Waals surface area contributed by atoms with Crippen molar-refractivity contribution in [3.8, 4) is 11.5 Å². The van der Waals surface area contributed by atoms with E-state index in [4.69, 9.17) is 9.47 Å². The van der Waals surface area contributed by atoms with Crippen LogP contribution in [-0.4, -0.2) is 24.5 Å². The van der Waals surface area contributed by atoms with Crippen LogP contribution in [0.15, 0.2) is 75.2 Å². The number of hydrogen-bond acceptors (Lipinski definition) is 5. The molecule has 0 unspecified atom stereocenters. The Bertz CT molecular complexity index is 1400. The molecule has 1 fully saturated rings. The molecular weight excluding hydrogens is 604 g/mol. The Balaban J connectivity index is 1.68.